The number of nitrogens with zero attached hydrogens (tertiary/aromatic N) is 3. The Kier molecular flexibility index (Phi) is 6.18. The van der Waals surface area contributed by atoms with Gasteiger partial charge in [-0.15, -0.1) is 0 Å². The second kappa shape index (κ2) is 8.88. The van der Waals surface area contributed by atoms with Crippen molar-refractivity contribution in [2.24, 2.45) is 0 Å². The summed E-state index contributed by atoms with van der Waals surface area (Å²) in [4.78, 5) is 25.3. The topological polar surface area (TPSA) is 87.5 Å². The third-order valence-electron chi connectivity index (χ3n) is 5.70. The van der Waals surface area contributed by atoms with Crippen molar-refractivity contribution in [3.63, 3.8) is 0 Å². The van der Waals surface area contributed by atoms with Crippen molar-refractivity contribution in [1.29, 1.82) is 0 Å². The van der Waals surface area contributed by atoms with E-state index in [9.17, 15) is 35.9 Å². The molecule has 1 atom stereocenters. The molecule has 1 aromatic heterocycles. The lowest BCUT2D eigenvalue weighted by molar-refractivity contribution is -0.142. The summed E-state index contributed by atoms with van der Waals surface area (Å²) in [7, 11) is 0. The molecule has 0 radical (unpaired) electrons. The largest absolute Gasteiger partial charge is 0.478 e. The summed E-state index contributed by atoms with van der Waals surface area (Å²) < 4.78 is 82.0. The number of anilines is 2. The van der Waals surface area contributed by atoms with Crippen LogP contribution in [0.3, 0.4) is 0 Å². The second-order valence-electron chi connectivity index (χ2n) is 8.09. The predicted octanol–water partition coefficient (Wildman–Crippen LogP) is 5.26. The molecule has 2 heterocycles. The highest BCUT2D eigenvalue weighted by molar-refractivity contribution is 6.01. The number of hydrogen-bond acceptors (Lipinski definition) is 4. The van der Waals surface area contributed by atoms with Gasteiger partial charge in [0.15, 0.2) is 5.69 Å². The number of rotatable bonds is 5. The fourth-order valence-electron chi connectivity index (χ4n) is 3.96. The molecule has 0 spiro atoms. The van der Waals surface area contributed by atoms with E-state index in [-0.39, 0.29) is 30.2 Å². The molecule has 4 rings (SSSR count). The Morgan fingerprint density at radius 1 is 1.00 bits per heavy atom. The first-order chi connectivity index (χ1) is 16.8. The van der Waals surface area contributed by atoms with Gasteiger partial charge in [0.1, 0.15) is 11.4 Å². The van der Waals surface area contributed by atoms with Gasteiger partial charge >= 0.3 is 18.3 Å². The van der Waals surface area contributed by atoms with Gasteiger partial charge in [-0.2, -0.15) is 31.4 Å². The zero-order chi connectivity index (χ0) is 26.4. The molecule has 2 aromatic carbocycles. The van der Waals surface area contributed by atoms with Crippen LogP contribution in [0.1, 0.15) is 50.5 Å². The molecule has 0 saturated heterocycles. The molecule has 0 saturated carbocycles. The average molecular weight is 512 g/mol. The molecular formula is C23H18F6N4O3. The minimum Gasteiger partial charge on any atom is -0.478 e. The first-order valence-corrected chi connectivity index (χ1v) is 10.5. The summed E-state index contributed by atoms with van der Waals surface area (Å²) in [5.74, 6) is -2.57. The quantitative estimate of drug-likeness (QED) is 0.456. The molecule has 1 aliphatic heterocycles. The first kappa shape index (κ1) is 25.1. The van der Waals surface area contributed by atoms with E-state index in [0.717, 1.165) is 22.9 Å². The molecule has 0 unspecified atom stereocenters. The van der Waals surface area contributed by atoms with Crippen LogP contribution in [-0.4, -0.2) is 33.3 Å². The Balaban J connectivity index is 1.72. The van der Waals surface area contributed by atoms with Gasteiger partial charge in [0.05, 0.1) is 23.7 Å². The number of carbonyl (C=O) groups excluding carboxylic acids is 1. The Labute approximate surface area is 199 Å². The van der Waals surface area contributed by atoms with Gasteiger partial charge in [-0.3, -0.25) is 4.79 Å². The lowest BCUT2D eigenvalue weighted by Gasteiger charge is -2.22. The van der Waals surface area contributed by atoms with Crippen LogP contribution in [0.25, 0.3) is 0 Å². The fourth-order valence-corrected chi connectivity index (χ4v) is 3.96. The number of amides is 1. The molecule has 1 amide bonds. The number of fused-ring (bicyclic) bond motifs is 1. The van der Waals surface area contributed by atoms with Crippen molar-refractivity contribution in [1.82, 2.24) is 15.1 Å². The van der Waals surface area contributed by atoms with Crippen LogP contribution < -0.4 is 10.2 Å². The van der Waals surface area contributed by atoms with Crippen molar-refractivity contribution in [2.75, 3.05) is 11.4 Å². The molecule has 0 fully saturated rings. The molecule has 190 valence electrons. The number of hydrogen-bond donors (Lipinski definition) is 2. The second-order valence-corrected chi connectivity index (χ2v) is 8.09. The van der Waals surface area contributed by atoms with Crippen molar-refractivity contribution in [3.05, 3.63) is 76.5 Å². The number of alkyl halides is 6. The summed E-state index contributed by atoms with van der Waals surface area (Å²) >= 11 is 0. The molecule has 13 heteroatoms. The van der Waals surface area contributed by atoms with Gasteiger partial charge in [0.25, 0.3) is 5.91 Å². The number of aromatic carboxylic acids is 1. The number of benzene rings is 2. The minimum atomic E-state index is -5.00. The number of carboxylic acids is 1. The average Bonchev–Trinajstić information content (AvgIpc) is 3.38. The van der Waals surface area contributed by atoms with Crippen LogP contribution in [0.15, 0.2) is 48.5 Å². The molecule has 0 aliphatic carbocycles. The van der Waals surface area contributed by atoms with Gasteiger partial charge in [0.2, 0.25) is 0 Å². The van der Waals surface area contributed by atoms with E-state index in [1.54, 1.807) is 0 Å². The zero-order valence-electron chi connectivity index (χ0n) is 18.5. The predicted molar refractivity (Wildman–Crippen MR) is 115 cm³/mol. The number of aromatic nitrogens is 2. The van der Waals surface area contributed by atoms with Crippen molar-refractivity contribution in [2.45, 2.75) is 31.9 Å². The van der Waals surface area contributed by atoms with Crippen LogP contribution in [0.4, 0.5) is 37.8 Å². The maximum Gasteiger partial charge on any atom is 0.436 e. The van der Waals surface area contributed by atoms with Gasteiger partial charge < -0.3 is 15.3 Å². The number of halogens is 6. The van der Waals surface area contributed by atoms with Crippen molar-refractivity contribution >= 4 is 23.4 Å². The van der Waals surface area contributed by atoms with Crippen LogP contribution >= 0.6 is 0 Å². The Hall–Kier alpha value is -4.03. The van der Waals surface area contributed by atoms with E-state index in [1.807, 2.05) is 0 Å². The van der Waals surface area contributed by atoms with E-state index in [0.29, 0.717) is 5.56 Å². The van der Waals surface area contributed by atoms with E-state index >= 15 is 0 Å². The molecule has 7 nitrogen and oxygen atoms in total. The van der Waals surface area contributed by atoms with E-state index in [2.05, 4.69) is 10.4 Å². The van der Waals surface area contributed by atoms with Gasteiger partial charge in [-0.05, 0) is 42.8 Å². The molecule has 36 heavy (non-hydrogen) atoms. The summed E-state index contributed by atoms with van der Waals surface area (Å²) in [6.07, 6.45) is -9.67. The van der Waals surface area contributed by atoms with Crippen LogP contribution in [0.5, 0.6) is 0 Å². The maximum absolute atomic E-state index is 13.8. The lowest BCUT2D eigenvalue weighted by Crippen LogP contribution is -2.30. The third-order valence-corrected chi connectivity index (χ3v) is 5.70. The van der Waals surface area contributed by atoms with Crippen molar-refractivity contribution in [3.8, 4) is 0 Å². The van der Waals surface area contributed by atoms with Crippen LogP contribution in [-0.2, 0) is 18.9 Å². The smallest absolute Gasteiger partial charge is 0.436 e. The monoisotopic (exact) mass is 512 g/mol. The van der Waals surface area contributed by atoms with E-state index in [1.165, 1.54) is 42.2 Å². The standard InChI is InChI=1S/C23H18F6N4O3/c1-12(13-5-7-14(8-6-13)21(35)36)30-19(34)17-18(23(27,28)29)31-33-10-9-32(20(17)33)16-4-2-3-15(11-16)22(24,25)26/h2-8,11-12H,9-10H2,1H3,(H,30,34)(H,35,36)/t12-/m0/s1. The number of carbonyl (C=O) groups is 2. The SMILES string of the molecule is C[C@H](NC(=O)c1c(C(F)(F)F)nn2c1N(c1cccc(C(F)(F)F)c1)CC2)c1ccc(C(=O)O)cc1. The summed E-state index contributed by atoms with van der Waals surface area (Å²) in [6.45, 7) is 1.43. The van der Waals surface area contributed by atoms with Gasteiger partial charge in [-0.1, -0.05) is 18.2 Å². The molecule has 3 aromatic rings. The summed E-state index contributed by atoms with van der Waals surface area (Å²) in [5.41, 5.74) is -2.88. The fraction of sp³-hybridized carbons (Fsp3) is 0.261. The van der Waals surface area contributed by atoms with Gasteiger partial charge in [-0.25, -0.2) is 9.48 Å². The van der Waals surface area contributed by atoms with Gasteiger partial charge in [0, 0.05) is 12.2 Å². The maximum atomic E-state index is 13.8. The highest BCUT2D eigenvalue weighted by Gasteiger charge is 2.44. The Morgan fingerprint density at radius 2 is 1.67 bits per heavy atom. The van der Waals surface area contributed by atoms with E-state index < -0.39 is 47.1 Å². The first-order valence-electron chi connectivity index (χ1n) is 10.5. The molecule has 1 aliphatic rings. The van der Waals surface area contributed by atoms with Crippen LogP contribution in [0.2, 0.25) is 0 Å². The zero-order valence-corrected chi connectivity index (χ0v) is 18.5. The summed E-state index contributed by atoms with van der Waals surface area (Å²) in [5, 5.41) is 15.0. The highest BCUT2D eigenvalue weighted by Crippen LogP contribution is 2.42. The number of carboxylic acid groups (broad SMARTS) is 1. The number of nitrogens with one attached hydrogen (secondary N) is 1. The van der Waals surface area contributed by atoms with E-state index in [4.69, 9.17) is 5.11 Å². The Morgan fingerprint density at radius 3 is 2.25 bits per heavy atom. The Bertz CT molecular complexity index is 1310. The lowest BCUT2D eigenvalue weighted by atomic mass is 10.1. The normalized spacial score (nSPS) is 14.5. The molecule has 2 N–H and O–H groups in total. The minimum absolute atomic E-state index is 0.00820. The summed E-state index contributed by atoms with van der Waals surface area (Å²) in [6, 6.07) is 8.65. The molecule has 0 bridgehead atoms. The molecular weight excluding hydrogens is 494 g/mol. The van der Waals surface area contributed by atoms with Crippen LogP contribution in [0, 0.1) is 0 Å². The highest BCUT2D eigenvalue weighted by atomic mass is 19.4. The van der Waals surface area contributed by atoms with Crippen molar-refractivity contribution < 1.29 is 41.0 Å². The third kappa shape index (κ3) is 4.72.